The van der Waals surface area contributed by atoms with Crippen LogP contribution in [0.25, 0.3) is 0 Å². The Balaban J connectivity index is 3.13. The fourth-order valence-electron chi connectivity index (χ4n) is 0.753. The molecule has 0 fully saturated rings. The maximum absolute atomic E-state index is 9.51. The molecular weight excluding hydrogens is 154 g/mol. The van der Waals surface area contributed by atoms with Gasteiger partial charge in [0, 0.05) is 0 Å². The normalized spacial score (nSPS) is 10.8. The predicted octanol–water partition coefficient (Wildman–Crippen LogP) is 0.576. The second kappa shape index (κ2) is 2.88. The van der Waals surface area contributed by atoms with E-state index in [9.17, 15) is 5.11 Å². The first-order valence-corrected chi connectivity index (χ1v) is 3.49. The van der Waals surface area contributed by atoms with Crippen molar-refractivity contribution < 1.29 is 5.11 Å². The van der Waals surface area contributed by atoms with Gasteiger partial charge in [-0.2, -0.15) is 5.26 Å². The summed E-state index contributed by atoms with van der Waals surface area (Å²) in [6, 6.07) is 3.35. The quantitative estimate of drug-likeness (QED) is 0.657. The van der Waals surface area contributed by atoms with Crippen molar-refractivity contribution in [3.63, 3.8) is 0 Å². The van der Waals surface area contributed by atoms with Crippen LogP contribution in [0.3, 0.4) is 0 Å². The van der Waals surface area contributed by atoms with Crippen molar-refractivity contribution in [3.05, 3.63) is 23.8 Å². The van der Waals surface area contributed by atoms with Gasteiger partial charge in [-0.1, -0.05) is 0 Å². The average molecular weight is 163 g/mol. The lowest BCUT2D eigenvalue weighted by Crippen LogP contribution is -2.17. The van der Waals surface area contributed by atoms with Crippen LogP contribution < -0.4 is 0 Å². The molecule has 0 radical (unpaired) electrons. The van der Waals surface area contributed by atoms with E-state index in [1.54, 1.807) is 13.8 Å². The lowest BCUT2D eigenvalue weighted by molar-refractivity contribution is 0.0736. The van der Waals surface area contributed by atoms with Gasteiger partial charge in [-0.05, 0) is 19.9 Å². The molecule has 1 rings (SSSR count). The molecule has 0 spiro atoms. The summed E-state index contributed by atoms with van der Waals surface area (Å²) < 4.78 is 0. The summed E-state index contributed by atoms with van der Waals surface area (Å²) in [5, 5.41) is 18.0. The SMILES string of the molecule is CC(C)(O)c1cc(C#N)ncn1. The van der Waals surface area contributed by atoms with Gasteiger partial charge in [0.2, 0.25) is 0 Å². The van der Waals surface area contributed by atoms with Crippen LogP contribution in [0.5, 0.6) is 0 Å². The van der Waals surface area contributed by atoms with Crippen LogP contribution in [0.15, 0.2) is 12.4 Å². The number of nitrogens with zero attached hydrogens (tertiary/aromatic N) is 3. The lowest BCUT2D eigenvalue weighted by Gasteiger charge is -2.15. The molecule has 4 nitrogen and oxygen atoms in total. The molecule has 0 saturated carbocycles. The first kappa shape index (κ1) is 8.62. The highest BCUT2D eigenvalue weighted by molar-refractivity contribution is 5.23. The Kier molecular flexibility index (Phi) is 2.07. The van der Waals surface area contributed by atoms with Crippen molar-refractivity contribution in [1.82, 2.24) is 9.97 Å². The Morgan fingerprint density at radius 3 is 2.67 bits per heavy atom. The van der Waals surface area contributed by atoms with Crippen LogP contribution in [0.1, 0.15) is 25.2 Å². The molecule has 1 N–H and O–H groups in total. The Bertz CT molecular complexity index is 322. The summed E-state index contributed by atoms with van der Waals surface area (Å²) >= 11 is 0. The van der Waals surface area contributed by atoms with E-state index in [1.807, 2.05) is 6.07 Å². The molecule has 0 aromatic carbocycles. The minimum atomic E-state index is -1.02. The highest BCUT2D eigenvalue weighted by Crippen LogP contribution is 2.16. The van der Waals surface area contributed by atoms with Crippen LogP contribution in [0.2, 0.25) is 0 Å². The summed E-state index contributed by atoms with van der Waals surface area (Å²) in [7, 11) is 0. The fraction of sp³-hybridized carbons (Fsp3) is 0.375. The smallest absolute Gasteiger partial charge is 0.144 e. The van der Waals surface area contributed by atoms with Gasteiger partial charge in [-0.3, -0.25) is 0 Å². The fourth-order valence-corrected chi connectivity index (χ4v) is 0.753. The molecule has 0 saturated heterocycles. The molecule has 4 heteroatoms. The van der Waals surface area contributed by atoms with E-state index in [0.717, 1.165) is 0 Å². The molecular formula is C8H9N3O. The first-order valence-electron chi connectivity index (χ1n) is 3.49. The Hall–Kier alpha value is -1.47. The zero-order valence-corrected chi connectivity index (χ0v) is 6.94. The lowest BCUT2D eigenvalue weighted by atomic mass is 10.1. The topological polar surface area (TPSA) is 69.8 Å². The van der Waals surface area contributed by atoms with Crippen LogP contribution in [-0.4, -0.2) is 15.1 Å². The second-order valence-electron chi connectivity index (χ2n) is 2.96. The van der Waals surface area contributed by atoms with Gasteiger partial charge in [-0.15, -0.1) is 0 Å². The van der Waals surface area contributed by atoms with Crippen LogP contribution in [0.4, 0.5) is 0 Å². The van der Waals surface area contributed by atoms with Gasteiger partial charge in [0.25, 0.3) is 0 Å². The van der Waals surface area contributed by atoms with Crippen molar-refractivity contribution in [2.24, 2.45) is 0 Å². The molecule has 0 aliphatic carbocycles. The zero-order chi connectivity index (χ0) is 9.19. The minimum Gasteiger partial charge on any atom is -0.384 e. The third-order valence-electron chi connectivity index (χ3n) is 1.41. The number of hydrogen-bond donors (Lipinski definition) is 1. The van der Waals surface area contributed by atoms with E-state index >= 15 is 0 Å². The molecule has 0 aliphatic heterocycles. The Morgan fingerprint density at radius 1 is 1.50 bits per heavy atom. The minimum absolute atomic E-state index is 0.266. The first-order chi connectivity index (χ1) is 5.54. The van der Waals surface area contributed by atoms with Gasteiger partial charge < -0.3 is 5.11 Å². The average Bonchev–Trinajstić information content (AvgIpc) is 2.03. The summed E-state index contributed by atoms with van der Waals surface area (Å²) in [5.41, 5.74) is -0.301. The molecule has 0 atom stereocenters. The summed E-state index contributed by atoms with van der Waals surface area (Å²) in [5.74, 6) is 0. The van der Waals surface area contributed by atoms with Gasteiger partial charge in [-0.25, -0.2) is 9.97 Å². The Labute approximate surface area is 70.5 Å². The molecule has 1 heterocycles. The van der Waals surface area contributed by atoms with E-state index < -0.39 is 5.60 Å². The zero-order valence-electron chi connectivity index (χ0n) is 6.94. The molecule has 0 unspecified atom stereocenters. The molecule has 12 heavy (non-hydrogen) atoms. The highest BCUT2D eigenvalue weighted by atomic mass is 16.3. The summed E-state index contributed by atoms with van der Waals surface area (Å²) in [4.78, 5) is 7.53. The number of aliphatic hydroxyl groups is 1. The van der Waals surface area contributed by atoms with E-state index in [4.69, 9.17) is 5.26 Å². The maximum atomic E-state index is 9.51. The number of nitriles is 1. The van der Waals surface area contributed by atoms with Crippen LogP contribution >= 0.6 is 0 Å². The molecule has 1 aromatic heterocycles. The molecule has 1 aromatic rings. The van der Waals surface area contributed by atoms with Gasteiger partial charge in [0.15, 0.2) is 0 Å². The van der Waals surface area contributed by atoms with Crippen LogP contribution in [-0.2, 0) is 5.60 Å². The molecule has 0 bridgehead atoms. The highest BCUT2D eigenvalue weighted by Gasteiger charge is 2.17. The maximum Gasteiger partial charge on any atom is 0.144 e. The number of aromatic nitrogens is 2. The Morgan fingerprint density at radius 2 is 2.17 bits per heavy atom. The third-order valence-corrected chi connectivity index (χ3v) is 1.41. The van der Waals surface area contributed by atoms with E-state index in [2.05, 4.69) is 9.97 Å². The van der Waals surface area contributed by atoms with Gasteiger partial charge in [0.1, 0.15) is 23.7 Å². The largest absolute Gasteiger partial charge is 0.384 e. The predicted molar refractivity (Wildman–Crippen MR) is 42.0 cm³/mol. The van der Waals surface area contributed by atoms with Crippen molar-refractivity contribution in [2.45, 2.75) is 19.4 Å². The van der Waals surface area contributed by atoms with E-state index in [1.165, 1.54) is 12.4 Å². The van der Waals surface area contributed by atoms with Gasteiger partial charge in [0.05, 0.1) is 5.69 Å². The standard InChI is InChI=1S/C8H9N3O/c1-8(2,12)7-3-6(4-9)10-5-11-7/h3,5,12H,1-2H3. The third kappa shape index (κ3) is 1.77. The monoisotopic (exact) mass is 163 g/mol. The van der Waals surface area contributed by atoms with Crippen molar-refractivity contribution in [2.75, 3.05) is 0 Å². The molecule has 0 aliphatic rings. The van der Waals surface area contributed by atoms with E-state index in [0.29, 0.717) is 5.69 Å². The second-order valence-corrected chi connectivity index (χ2v) is 2.96. The van der Waals surface area contributed by atoms with Gasteiger partial charge >= 0.3 is 0 Å². The summed E-state index contributed by atoms with van der Waals surface area (Å²) in [6.45, 7) is 3.22. The number of hydrogen-bond acceptors (Lipinski definition) is 4. The number of rotatable bonds is 1. The molecule has 62 valence electrons. The van der Waals surface area contributed by atoms with Crippen molar-refractivity contribution in [3.8, 4) is 6.07 Å². The van der Waals surface area contributed by atoms with E-state index in [-0.39, 0.29) is 5.69 Å². The molecule has 0 amide bonds. The van der Waals surface area contributed by atoms with Crippen LogP contribution in [0, 0.1) is 11.3 Å². The van der Waals surface area contributed by atoms with Crippen molar-refractivity contribution >= 4 is 0 Å². The van der Waals surface area contributed by atoms with Crippen molar-refractivity contribution in [1.29, 1.82) is 5.26 Å². The summed E-state index contributed by atoms with van der Waals surface area (Å²) in [6.07, 6.45) is 1.27.